The molecule has 0 radical (unpaired) electrons. The maximum atomic E-state index is 5.90. The molecule has 0 amide bonds. The van der Waals surface area contributed by atoms with Crippen molar-refractivity contribution in [3.05, 3.63) is 0 Å². The first-order valence-corrected chi connectivity index (χ1v) is 7.71. The topological polar surface area (TPSA) is 21.3 Å². The molecule has 3 atom stereocenters. The fourth-order valence-electron chi connectivity index (χ4n) is 3.79. The minimum absolute atomic E-state index is 0.518. The zero-order valence-electron chi connectivity index (χ0n) is 11.6. The third-order valence-corrected chi connectivity index (χ3v) is 4.66. The highest BCUT2D eigenvalue weighted by Crippen LogP contribution is 2.36. The van der Waals surface area contributed by atoms with E-state index in [1.165, 1.54) is 51.5 Å². The highest BCUT2D eigenvalue weighted by Gasteiger charge is 2.38. The molecule has 17 heavy (non-hydrogen) atoms. The number of hydrogen-bond donors (Lipinski definition) is 1. The Labute approximate surface area is 107 Å². The van der Waals surface area contributed by atoms with Gasteiger partial charge in [0.25, 0.3) is 0 Å². The highest BCUT2D eigenvalue weighted by atomic mass is 16.5. The highest BCUT2D eigenvalue weighted by molar-refractivity contribution is 4.91. The Kier molecular flexibility index (Phi) is 5.30. The van der Waals surface area contributed by atoms with Crippen molar-refractivity contribution in [2.24, 2.45) is 11.8 Å². The predicted octanol–water partition coefficient (Wildman–Crippen LogP) is 3.36. The van der Waals surface area contributed by atoms with Crippen molar-refractivity contribution in [3.8, 4) is 0 Å². The molecule has 0 aromatic carbocycles. The molecule has 2 rings (SSSR count). The Morgan fingerprint density at radius 1 is 1.18 bits per heavy atom. The van der Waals surface area contributed by atoms with E-state index < -0.39 is 0 Å². The van der Waals surface area contributed by atoms with Crippen LogP contribution in [0, 0.1) is 11.8 Å². The Hall–Kier alpha value is -0.0800. The molecule has 0 aromatic rings. The number of hydrogen-bond acceptors (Lipinski definition) is 2. The van der Waals surface area contributed by atoms with Gasteiger partial charge in [0.15, 0.2) is 0 Å². The van der Waals surface area contributed by atoms with E-state index in [4.69, 9.17) is 4.74 Å². The first kappa shape index (κ1) is 13.4. The summed E-state index contributed by atoms with van der Waals surface area (Å²) in [4.78, 5) is 0. The molecule has 100 valence electrons. The van der Waals surface area contributed by atoms with Crippen molar-refractivity contribution in [2.75, 3.05) is 13.2 Å². The molecule has 1 saturated heterocycles. The lowest BCUT2D eigenvalue weighted by atomic mass is 9.82. The molecule has 3 unspecified atom stereocenters. The number of nitrogens with one attached hydrogen (secondary N) is 1. The number of ether oxygens (including phenoxy) is 1. The van der Waals surface area contributed by atoms with E-state index in [9.17, 15) is 0 Å². The van der Waals surface area contributed by atoms with Crippen molar-refractivity contribution in [1.29, 1.82) is 0 Å². The van der Waals surface area contributed by atoms with Gasteiger partial charge in [-0.3, -0.25) is 0 Å². The maximum absolute atomic E-state index is 5.90. The van der Waals surface area contributed by atoms with Crippen LogP contribution in [0.3, 0.4) is 0 Å². The van der Waals surface area contributed by atoms with Gasteiger partial charge in [-0.1, -0.05) is 26.7 Å². The molecule has 1 heterocycles. The average molecular weight is 239 g/mol. The smallest absolute Gasteiger partial charge is 0.0616 e. The molecule has 2 heteroatoms. The van der Waals surface area contributed by atoms with Crippen LogP contribution in [0.1, 0.15) is 58.8 Å². The second-order valence-electron chi connectivity index (χ2n) is 5.79. The van der Waals surface area contributed by atoms with Gasteiger partial charge >= 0.3 is 0 Å². The quantitative estimate of drug-likeness (QED) is 0.767. The van der Waals surface area contributed by atoms with Crippen LogP contribution in [0.25, 0.3) is 0 Å². The minimum Gasteiger partial charge on any atom is -0.378 e. The molecular weight excluding hydrogens is 210 g/mol. The second kappa shape index (κ2) is 6.75. The van der Waals surface area contributed by atoms with Gasteiger partial charge in [0.1, 0.15) is 0 Å². The van der Waals surface area contributed by atoms with Gasteiger partial charge in [0, 0.05) is 18.6 Å². The molecule has 1 aliphatic heterocycles. The summed E-state index contributed by atoms with van der Waals surface area (Å²) in [5.74, 6) is 1.69. The summed E-state index contributed by atoms with van der Waals surface area (Å²) in [5.41, 5.74) is 0. The molecule has 2 fully saturated rings. The van der Waals surface area contributed by atoms with E-state index in [1.807, 2.05) is 0 Å². The van der Waals surface area contributed by atoms with Crippen LogP contribution in [0.2, 0.25) is 0 Å². The van der Waals surface area contributed by atoms with Gasteiger partial charge < -0.3 is 10.1 Å². The van der Waals surface area contributed by atoms with Crippen LogP contribution >= 0.6 is 0 Å². The fraction of sp³-hybridized carbons (Fsp3) is 1.00. The van der Waals surface area contributed by atoms with Crippen LogP contribution < -0.4 is 5.32 Å². The average Bonchev–Trinajstić information content (AvgIpc) is 3.00. The molecule has 2 nitrogen and oxygen atoms in total. The van der Waals surface area contributed by atoms with Crippen molar-refractivity contribution >= 4 is 0 Å². The molecule has 1 N–H and O–H groups in total. The van der Waals surface area contributed by atoms with E-state index in [1.54, 1.807) is 0 Å². The minimum atomic E-state index is 0.518. The SMILES string of the molecule is CCCNC(C1CCCC1)C1CCOC1CC. The van der Waals surface area contributed by atoms with Crippen LogP contribution in [-0.2, 0) is 4.74 Å². The summed E-state index contributed by atoms with van der Waals surface area (Å²) in [7, 11) is 0. The van der Waals surface area contributed by atoms with E-state index in [0.29, 0.717) is 6.10 Å². The Morgan fingerprint density at radius 3 is 2.59 bits per heavy atom. The molecule has 2 aliphatic rings. The van der Waals surface area contributed by atoms with E-state index in [-0.39, 0.29) is 0 Å². The maximum Gasteiger partial charge on any atom is 0.0616 e. The van der Waals surface area contributed by atoms with Gasteiger partial charge in [-0.2, -0.15) is 0 Å². The zero-order chi connectivity index (χ0) is 12.1. The van der Waals surface area contributed by atoms with E-state index >= 15 is 0 Å². The Balaban J connectivity index is 1.97. The van der Waals surface area contributed by atoms with Gasteiger partial charge in [0.05, 0.1) is 6.10 Å². The van der Waals surface area contributed by atoms with Crippen LogP contribution in [-0.4, -0.2) is 25.3 Å². The second-order valence-corrected chi connectivity index (χ2v) is 5.79. The molecule has 1 aliphatic carbocycles. The van der Waals surface area contributed by atoms with Gasteiger partial charge in [0.2, 0.25) is 0 Å². The molecule has 0 spiro atoms. The van der Waals surface area contributed by atoms with Crippen LogP contribution in [0.5, 0.6) is 0 Å². The van der Waals surface area contributed by atoms with Gasteiger partial charge in [-0.05, 0) is 44.6 Å². The Morgan fingerprint density at radius 2 is 1.94 bits per heavy atom. The summed E-state index contributed by atoms with van der Waals surface area (Å²) in [5, 5.41) is 3.84. The zero-order valence-corrected chi connectivity index (χ0v) is 11.6. The van der Waals surface area contributed by atoms with Crippen molar-refractivity contribution in [1.82, 2.24) is 5.32 Å². The van der Waals surface area contributed by atoms with Crippen molar-refractivity contribution < 1.29 is 4.74 Å². The number of rotatable bonds is 6. The standard InChI is InChI=1S/C15H29NO/c1-3-10-16-15(12-7-5-6-8-12)13-9-11-17-14(13)4-2/h12-16H,3-11H2,1-2H3. The predicted molar refractivity (Wildman–Crippen MR) is 72.2 cm³/mol. The first-order chi connectivity index (χ1) is 8.36. The van der Waals surface area contributed by atoms with Crippen molar-refractivity contribution in [3.63, 3.8) is 0 Å². The molecule has 0 bridgehead atoms. The van der Waals surface area contributed by atoms with Gasteiger partial charge in [-0.25, -0.2) is 0 Å². The summed E-state index contributed by atoms with van der Waals surface area (Å²) < 4.78 is 5.90. The normalized spacial score (nSPS) is 32.1. The van der Waals surface area contributed by atoms with Gasteiger partial charge in [-0.15, -0.1) is 0 Å². The lowest BCUT2D eigenvalue weighted by Gasteiger charge is -2.32. The van der Waals surface area contributed by atoms with Crippen LogP contribution in [0.4, 0.5) is 0 Å². The lowest BCUT2D eigenvalue weighted by molar-refractivity contribution is 0.0694. The molecule has 0 aromatic heterocycles. The molecular formula is C15H29NO. The molecule has 1 saturated carbocycles. The largest absolute Gasteiger partial charge is 0.378 e. The summed E-state index contributed by atoms with van der Waals surface area (Å²) in [6.45, 7) is 6.70. The van der Waals surface area contributed by atoms with E-state index in [2.05, 4.69) is 19.2 Å². The lowest BCUT2D eigenvalue weighted by Crippen LogP contribution is -2.44. The fourth-order valence-corrected chi connectivity index (χ4v) is 3.79. The first-order valence-electron chi connectivity index (χ1n) is 7.71. The van der Waals surface area contributed by atoms with Crippen molar-refractivity contribution in [2.45, 2.75) is 70.9 Å². The third kappa shape index (κ3) is 3.23. The summed E-state index contributed by atoms with van der Waals surface area (Å²) in [6, 6.07) is 0.727. The monoisotopic (exact) mass is 239 g/mol. The Bertz CT molecular complexity index is 213. The third-order valence-electron chi connectivity index (χ3n) is 4.66. The van der Waals surface area contributed by atoms with E-state index in [0.717, 1.165) is 24.5 Å². The summed E-state index contributed by atoms with van der Waals surface area (Å²) in [6.07, 6.45) is 9.98. The van der Waals surface area contributed by atoms with Crippen LogP contribution in [0.15, 0.2) is 0 Å². The summed E-state index contributed by atoms with van der Waals surface area (Å²) >= 11 is 0.